The number of carbonyl (C=O) groups excluding carboxylic acids is 1. The number of ether oxygens (including phenoxy) is 2. The molecule has 0 radical (unpaired) electrons. The Morgan fingerprint density at radius 2 is 2.16 bits per heavy atom. The molecular formula is C14H18ClNO3. The summed E-state index contributed by atoms with van der Waals surface area (Å²) in [4.78, 5) is 11.9. The molecule has 1 aliphatic heterocycles. The van der Waals surface area contributed by atoms with Crippen molar-refractivity contribution in [1.82, 2.24) is 5.32 Å². The first-order valence-corrected chi connectivity index (χ1v) is 6.79. The van der Waals surface area contributed by atoms with Gasteiger partial charge in [0.1, 0.15) is 0 Å². The van der Waals surface area contributed by atoms with Crippen LogP contribution in [0, 0.1) is 0 Å². The molecule has 0 aliphatic carbocycles. The lowest BCUT2D eigenvalue weighted by Crippen LogP contribution is -2.40. The third-order valence-electron chi connectivity index (χ3n) is 3.05. The van der Waals surface area contributed by atoms with Crippen LogP contribution < -0.4 is 5.32 Å². The van der Waals surface area contributed by atoms with E-state index < -0.39 is 5.79 Å². The maximum absolute atomic E-state index is 11.9. The molecule has 1 aromatic rings. The number of nitrogens with one attached hydrogen (secondary N) is 1. The second kappa shape index (κ2) is 6.37. The van der Waals surface area contributed by atoms with Gasteiger partial charge < -0.3 is 14.8 Å². The van der Waals surface area contributed by atoms with Gasteiger partial charge in [0.15, 0.2) is 5.79 Å². The molecular weight excluding hydrogens is 266 g/mol. The molecule has 0 spiro atoms. The fourth-order valence-corrected chi connectivity index (χ4v) is 2.15. The highest BCUT2D eigenvalue weighted by atomic mass is 35.5. The van der Waals surface area contributed by atoms with E-state index in [1.165, 1.54) is 0 Å². The zero-order valence-electron chi connectivity index (χ0n) is 10.9. The Kier molecular flexibility index (Phi) is 4.80. The maximum atomic E-state index is 11.9. The molecule has 0 bridgehead atoms. The summed E-state index contributed by atoms with van der Waals surface area (Å²) in [5.41, 5.74) is 0.558. The molecule has 1 aliphatic rings. The first kappa shape index (κ1) is 14.3. The van der Waals surface area contributed by atoms with Crippen LogP contribution in [0.3, 0.4) is 0 Å². The van der Waals surface area contributed by atoms with Crippen LogP contribution in [0.15, 0.2) is 24.3 Å². The van der Waals surface area contributed by atoms with Crippen LogP contribution in [0.1, 0.15) is 30.1 Å². The van der Waals surface area contributed by atoms with Gasteiger partial charge in [-0.3, -0.25) is 4.79 Å². The standard InChI is InChI=1S/C14H18ClNO3/c1-14(18-8-3-9-19-14)6-7-16-13(17)11-4-2-5-12(15)10-11/h2,4-5,10H,3,6-9H2,1H3,(H,16,17). The van der Waals surface area contributed by atoms with E-state index in [1.54, 1.807) is 24.3 Å². The van der Waals surface area contributed by atoms with Crippen LogP contribution in [0.25, 0.3) is 0 Å². The second-order valence-corrected chi connectivity index (χ2v) is 5.14. The number of benzene rings is 1. The van der Waals surface area contributed by atoms with Crippen molar-refractivity contribution in [3.63, 3.8) is 0 Å². The van der Waals surface area contributed by atoms with Crippen molar-refractivity contribution in [3.8, 4) is 0 Å². The Balaban J connectivity index is 1.80. The van der Waals surface area contributed by atoms with E-state index in [-0.39, 0.29) is 5.91 Å². The molecule has 5 heteroatoms. The molecule has 104 valence electrons. The van der Waals surface area contributed by atoms with Crippen LogP contribution in [-0.4, -0.2) is 31.5 Å². The summed E-state index contributed by atoms with van der Waals surface area (Å²) in [7, 11) is 0. The number of carbonyl (C=O) groups is 1. The molecule has 0 atom stereocenters. The fourth-order valence-electron chi connectivity index (χ4n) is 1.96. The lowest BCUT2D eigenvalue weighted by atomic mass is 10.2. The minimum absolute atomic E-state index is 0.137. The number of amides is 1. The normalized spacial score (nSPS) is 18.0. The molecule has 1 amide bonds. The molecule has 0 unspecified atom stereocenters. The first-order chi connectivity index (χ1) is 9.09. The van der Waals surface area contributed by atoms with Crippen LogP contribution >= 0.6 is 11.6 Å². The summed E-state index contributed by atoms with van der Waals surface area (Å²) in [5.74, 6) is -0.721. The number of hydrogen-bond acceptors (Lipinski definition) is 3. The van der Waals surface area contributed by atoms with Gasteiger partial charge in [0, 0.05) is 23.6 Å². The lowest BCUT2D eigenvalue weighted by Gasteiger charge is -2.33. The average Bonchev–Trinajstić information content (AvgIpc) is 2.39. The predicted molar refractivity (Wildman–Crippen MR) is 73.3 cm³/mol. The lowest BCUT2D eigenvalue weighted by molar-refractivity contribution is -0.257. The molecule has 0 aromatic heterocycles. The Bertz CT molecular complexity index is 444. The Morgan fingerprint density at radius 3 is 2.84 bits per heavy atom. The predicted octanol–water partition coefficient (Wildman–Crippen LogP) is 2.61. The third-order valence-corrected chi connectivity index (χ3v) is 3.29. The smallest absolute Gasteiger partial charge is 0.251 e. The van der Waals surface area contributed by atoms with E-state index in [4.69, 9.17) is 21.1 Å². The molecule has 1 N–H and O–H groups in total. The van der Waals surface area contributed by atoms with Gasteiger partial charge in [-0.1, -0.05) is 17.7 Å². The van der Waals surface area contributed by atoms with Crippen molar-refractivity contribution in [2.75, 3.05) is 19.8 Å². The van der Waals surface area contributed by atoms with Gasteiger partial charge >= 0.3 is 0 Å². The van der Waals surface area contributed by atoms with Crippen molar-refractivity contribution in [2.24, 2.45) is 0 Å². The SMILES string of the molecule is CC1(CCNC(=O)c2cccc(Cl)c2)OCCCO1. The van der Waals surface area contributed by atoms with Crippen molar-refractivity contribution >= 4 is 17.5 Å². The van der Waals surface area contributed by atoms with E-state index >= 15 is 0 Å². The second-order valence-electron chi connectivity index (χ2n) is 4.70. The average molecular weight is 284 g/mol. The van der Waals surface area contributed by atoms with Gasteiger partial charge in [0.2, 0.25) is 0 Å². The zero-order valence-corrected chi connectivity index (χ0v) is 11.7. The van der Waals surface area contributed by atoms with E-state index in [1.807, 2.05) is 6.92 Å². The molecule has 1 heterocycles. The summed E-state index contributed by atoms with van der Waals surface area (Å²) in [5, 5.41) is 3.40. The summed E-state index contributed by atoms with van der Waals surface area (Å²) in [6, 6.07) is 6.87. The van der Waals surface area contributed by atoms with E-state index in [2.05, 4.69) is 5.32 Å². The van der Waals surface area contributed by atoms with Crippen molar-refractivity contribution in [2.45, 2.75) is 25.6 Å². The van der Waals surface area contributed by atoms with Crippen molar-refractivity contribution < 1.29 is 14.3 Å². The third kappa shape index (κ3) is 4.20. The van der Waals surface area contributed by atoms with Crippen molar-refractivity contribution in [3.05, 3.63) is 34.9 Å². The maximum Gasteiger partial charge on any atom is 0.251 e. The van der Waals surface area contributed by atoms with Gasteiger partial charge in [-0.15, -0.1) is 0 Å². The number of rotatable bonds is 4. The summed E-state index contributed by atoms with van der Waals surface area (Å²) < 4.78 is 11.2. The van der Waals surface area contributed by atoms with Crippen LogP contribution in [0.4, 0.5) is 0 Å². The minimum Gasteiger partial charge on any atom is -0.352 e. The fraction of sp³-hybridized carbons (Fsp3) is 0.500. The summed E-state index contributed by atoms with van der Waals surface area (Å²) in [6.45, 7) is 3.82. The van der Waals surface area contributed by atoms with Gasteiger partial charge in [0.05, 0.1) is 13.2 Å². The molecule has 1 saturated heterocycles. The molecule has 1 aromatic carbocycles. The quantitative estimate of drug-likeness (QED) is 0.924. The number of hydrogen-bond donors (Lipinski definition) is 1. The molecule has 0 saturated carbocycles. The minimum atomic E-state index is -0.583. The van der Waals surface area contributed by atoms with E-state index in [0.717, 1.165) is 6.42 Å². The highest BCUT2D eigenvalue weighted by Crippen LogP contribution is 2.21. The van der Waals surface area contributed by atoms with Crippen LogP contribution in [0.2, 0.25) is 5.02 Å². The van der Waals surface area contributed by atoms with Crippen LogP contribution in [-0.2, 0) is 9.47 Å². The highest BCUT2D eigenvalue weighted by molar-refractivity contribution is 6.30. The molecule has 4 nitrogen and oxygen atoms in total. The van der Waals surface area contributed by atoms with E-state index in [0.29, 0.717) is 36.8 Å². The largest absolute Gasteiger partial charge is 0.352 e. The monoisotopic (exact) mass is 283 g/mol. The van der Waals surface area contributed by atoms with Gasteiger partial charge in [0.25, 0.3) is 5.91 Å². The Morgan fingerprint density at radius 1 is 1.42 bits per heavy atom. The van der Waals surface area contributed by atoms with Gasteiger partial charge in [-0.25, -0.2) is 0 Å². The number of halogens is 1. The van der Waals surface area contributed by atoms with Crippen LogP contribution in [0.5, 0.6) is 0 Å². The summed E-state index contributed by atoms with van der Waals surface area (Å²) >= 11 is 5.85. The Hall–Kier alpha value is -1.10. The topological polar surface area (TPSA) is 47.6 Å². The molecule has 1 fully saturated rings. The van der Waals surface area contributed by atoms with Gasteiger partial charge in [-0.2, -0.15) is 0 Å². The molecule has 2 rings (SSSR count). The van der Waals surface area contributed by atoms with Crippen molar-refractivity contribution in [1.29, 1.82) is 0 Å². The first-order valence-electron chi connectivity index (χ1n) is 6.41. The molecule has 19 heavy (non-hydrogen) atoms. The highest BCUT2D eigenvalue weighted by Gasteiger charge is 2.28. The van der Waals surface area contributed by atoms with E-state index in [9.17, 15) is 4.79 Å². The Labute approximate surface area is 118 Å². The van der Waals surface area contributed by atoms with Gasteiger partial charge in [-0.05, 0) is 31.5 Å². The zero-order chi connectivity index (χ0) is 13.7. The summed E-state index contributed by atoms with van der Waals surface area (Å²) in [6.07, 6.45) is 1.55.